The van der Waals surface area contributed by atoms with Gasteiger partial charge in [-0.2, -0.15) is 0 Å². The number of rotatable bonds is 4. The zero-order chi connectivity index (χ0) is 11.5. The van der Waals surface area contributed by atoms with E-state index in [-0.39, 0.29) is 6.61 Å². The number of aliphatic hydroxyl groups excluding tert-OH is 2. The quantitative estimate of drug-likeness (QED) is 0.700. The summed E-state index contributed by atoms with van der Waals surface area (Å²) in [6.45, 7) is 0.623. The Balaban J connectivity index is 2.45. The number of benzene rings is 1. The van der Waals surface area contributed by atoms with Crippen molar-refractivity contribution in [3.8, 4) is 0 Å². The van der Waals surface area contributed by atoms with Gasteiger partial charge in [-0.1, -0.05) is 18.2 Å². The minimum Gasteiger partial charge on any atom is -0.394 e. The number of nitrogens with zero attached hydrogens (tertiary/aromatic N) is 1. The highest BCUT2D eigenvalue weighted by molar-refractivity contribution is 5.83. The van der Waals surface area contributed by atoms with Gasteiger partial charge in [0, 0.05) is 12.7 Å². The van der Waals surface area contributed by atoms with E-state index in [1.807, 2.05) is 35.0 Å². The van der Waals surface area contributed by atoms with E-state index in [0.717, 1.165) is 16.5 Å². The first-order chi connectivity index (χ1) is 7.76. The molecular weight excluding hydrogens is 204 g/mol. The summed E-state index contributed by atoms with van der Waals surface area (Å²) in [6.07, 6.45) is 1.17. The fourth-order valence-electron chi connectivity index (χ4n) is 1.94. The molecule has 1 aromatic carbocycles. The van der Waals surface area contributed by atoms with Gasteiger partial charge in [0.15, 0.2) is 0 Å². The van der Waals surface area contributed by atoms with Gasteiger partial charge in [0.05, 0.1) is 24.8 Å². The van der Waals surface area contributed by atoms with Crippen molar-refractivity contribution in [2.75, 3.05) is 6.61 Å². The van der Waals surface area contributed by atoms with Gasteiger partial charge in [-0.15, -0.1) is 0 Å². The summed E-state index contributed by atoms with van der Waals surface area (Å²) < 4.78 is 1.93. The standard InChI is InChI=1S/C12H16N2O2/c13-6-10-3-1-2-9-4-5-14(12(9)10)7-11(16)8-15/h1-5,11,15-16H,6-8,13H2. The lowest BCUT2D eigenvalue weighted by Crippen LogP contribution is -2.19. The second kappa shape index (κ2) is 4.65. The molecule has 86 valence electrons. The molecule has 2 aromatic rings. The number of hydrogen-bond acceptors (Lipinski definition) is 3. The molecule has 0 saturated carbocycles. The summed E-state index contributed by atoms with van der Waals surface area (Å²) in [5, 5.41) is 19.4. The van der Waals surface area contributed by atoms with Crippen LogP contribution in [0.25, 0.3) is 10.9 Å². The Hall–Kier alpha value is -1.36. The summed E-state index contributed by atoms with van der Waals surface area (Å²) in [5.74, 6) is 0. The van der Waals surface area contributed by atoms with Crippen molar-refractivity contribution in [1.29, 1.82) is 0 Å². The molecule has 1 heterocycles. The molecule has 0 radical (unpaired) electrons. The molecule has 4 N–H and O–H groups in total. The van der Waals surface area contributed by atoms with Crippen molar-refractivity contribution < 1.29 is 10.2 Å². The first kappa shape index (κ1) is 11.1. The molecule has 0 aliphatic heterocycles. The minimum atomic E-state index is -0.735. The van der Waals surface area contributed by atoms with Crippen LogP contribution in [0.2, 0.25) is 0 Å². The van der Waals surface area contributed by atoms with E-state index in [1.165, 1.54) is 0 Å². The average Bonchev–Trinajstić information content (AvgIpc) is 2.72. The highest BCUT2D eigenvalue weighted by Gasteiger charge is 2.08. The molecule has 1 unspecified atom stereocenters. The summed E-state index contributed by atoms with van der Waals surface area (Å²) in [4.78, 5) is 0. The SMILES string of the molecule is NCc1cccc2ccn(CC(O)CO)c12. The molecule has 2 rings (SSSR count). The van der Waals surface area contributed by atoms with Crippen LogP contribution in [0.4, 0.5) is 0 Å². The van der Waals surface area contributed by atoms with Crippen molar-refractivity contribution in [3.05, 3.63) is 36.0 Å². The predicted molar refractivity (Wildman–Crippen MR) is 62.9 cm³/mol. The van der Waals surface area contributed by atoms with Crippen molar-refractivity contribution in [3.63, 3.8) is 0 Å². The zero-order valence-electron chi connectivity index (χ0n) is 9.00. The molecule has 1 aromatic heterocycles. The van der Waals surface area contributed by atoms with E-state index in [4.69, 9.17) is 10.8 Å². The van der Waals surface area contributed by atoms with Gasteiger partial charge in [0.2, 0.25) is 0 Å². The molecule has 1 atom stereocenters. The van der Waals surface area contributed by atoms with Crippen LogP contribution >= 0.6 is 0 Å². The van der Waals surface area contributed by atoms with Gasteiger partial charge < -0.3 is 20.5 Å². The van der Waals surface area contributed by atoms with E-state index in [9.17, 15) is 5.11 Å². The van der Waals surface area contributed by atoms with Crippen molar-refractivity contribution >= 4 is 10.9 Å². The normalized spacial score (nSPS) is 13.2. The third kappa shape index (κ3) is 1.95. The van der Waals surface area contributed by atoms with Crippen molar-refractivity contribution in [1.82, 2.24) is 4.57 Å². The van der Waals surface area contributed by atoms with Gasteiger partial charge in [0.1, 0.15) is 0 Å². The topological polar surface area (TPSA) is 71.4 Å². The summed E-state index contributed by atoms with van der Waals surface area (Å²) >= 11 is 0. The van der Waals surface area contributed by atoms with Gasteiger partial charge in [0.25, 0.3) is 0 Å². The molecule has 4 nitrogen and oxygen atoms in total. The number of hydrogen-bond donors (Lipinski definition) is 3. The van der Waals surface area contributed by atoms with Gasteiger partial charge in [-0.3, -0.25) is 0 Å². The van der Waals surface area contributed by atoms with Crippen LogP contribution in [0.5, 0.6) is 0 Å². The van der Waals surface area contributed by atoms with E-state index in [0.29, 0.717) is 13.1 Å². The Kier molecular flexibility index (Phi) is 3.24. The van der Waals surface area contributed by atoms with E-state index in [1.54, 1.807) is 0 Å². The highest BCUT2D eigenvalue weighted by Crippen LogP contribution is 2.20. The van der Waals surface area contributed by atoms with E-state index < -0.39 is 6.10 Å². The second-order valence-electron chi connectivity index (χ2n) is 3.86. The molecule has 0 bridgehead atoms. The van der Waals surface area contributed by atoms with Gasteiger partial charge in [-0.25, -0.2) is 0 Å². The van der Waals surface area contributed by atoms with Gasteiger partial charge >= 0.3 is 0 Å². The Morgan fingerprint density at radius 2 is 2.12 bits per heavy atom. The summed E-state index contributed by atoms with van der Waals surface area (Å²) in [7, 11) is 0. The number of fused-ring (bicyclic) bond motifs is 1. The van der Waals surface area contributed by atoms with Crippen molar-refractivity contribution in [2.45, 2.75) is 19.2 Å². The molecule has 0 fully saturated rings. The van der Waals surface area contributed by atoms with Crippen LogP contribution in [0.15, 0.2) is 30.5 Å². The largest absolute Gasteiger partial charge is 0.394 e. The number of nitrogens with two attached hydrogens (primary N) is 1. The Labute approximate surface area is 93.9 Å². The maximum atomic E-state index is 9.45. The third-order valence-electron chi connectivity index (χ3n) is 2.71. The molecule has 16 heavy (non-hydrogen) atoms. The molecule has 0 spiro atoms. The smallest absolute Gasteiger partial charge is 0.0949 e. The van der Waals surface area contributed by atoms with Gasteiger partial charge in [-0.05, 0) is 17.0 Å². The Bertz CT molecular complexity index is 479. The van der Waals surface area contributed by atoms with Crippen LogP contribution < -0.4 is 5.73 Å². The lowest BCUT2D eigenvalue weighted by Gasteiger charge is -2.11. The molecule has 0 saturated heterocycles. The second-order valence-corrected chi connectivity index (χ2v) is 3.86. The van der Waals surface area contributed by atoms with E-state index >= 15 is 0 Å². The molecule has 0 aliphatic carbocycles. The van der Waals surface area contributed by atoms with Crippen LogP contribution in [0.3, 0.4) is 0 Å². The Morgan fingerprint density at radius 1 is 1.31 bits per heavy atom. The molecule has 0 amide bonds. The lowest BCUT2D eigenvalue weighted by molar-refractivity contribution is 0.0822. The van der Waals surface area contributed by atoms with Crippen LogP contribution in [0, 0.1) is 0 Å². The summed E-state index contributed by atoms with van der Waals surface area (Å²) in [5.41, 5.74) is 7.77. The van der Waals surface area contributed by atoms with Crippen LogP contribution in [-0.4, -0.2) is 27.5 Å². The van der Waals surface area contributed by atoms with Crippen molar-refractivity contribution in [2.24, 2.45) is 5.73 Å². The average molecular weight is 220 g/mol. The molecule has 4 heteroatoms. The zero-order valence-corrected chi connectivity index (χ0v) is 9.00. The van der Waals surface area contributed by atoms with E-state index in [2.05, 4.69) is 0 Å². The molecule has 0 aliphatic rings. The van der Waals surface area contributed by atoms with Crippen LogP contribution in [-0.2, 0) is 13.1 Å². The first-order valence-electron chi connectivity index (χ1n) is 5.32. The number of aliphatic hydroxyl groups is 2. The first-order valence-corrected chi connectivity index (χ1v) is 5.32. The fourth-order valence-corrected chi connectivity index (χ4v) is 1.94. The highest BCUT2D eigenvalue weighted by atomic mass is 16.3. The maximum Gasteiger partial charge on any atom is 0.0949 e. The number of aromatic nitrogens is 1. The third-order valence-corrected chi connectivity index (χ3v) is 2.71. The number of para-hydroxylation sites is 1. The monoisotopic (exact) mass is 220 g/mol. The minimum absolute atomic E-state index is 0.232. The predicted octanol–water partition coefficient (Wildman–Crippen LogP) is 0.453. The fraction of sp³-hybridized carbons (Fsp3) is 0.333. The maximum absolute atomic E-state index is 9.45. The lowest BCUT2D eigenvalue weighted by atomic mass is 10.1. The summed E-state index contributed by atoms with van der Waals surface area (Å²) in [6, 6.07) is 7.94. The van der Waals surface area contributed by atoms with Crippen LogP contribution in [0.1, 0.15) is 5.56 Å². The Morgan fingerprint density at radius 3 is 2.81 bits per heavy atom. The molecular formula is C12H16N2O2.